The van der Waals surface area contributed by atoms with Gasteiger partial charge >= 0.3 is 0 Å². The Morgan fingerprint density at radius 3 is 2.40 bits per heavy atom. The van der Waals surface area contributed by atoms with Gasteiger partial charge in [-0.05, 0) is 37.1 Å². The highest BCUT2D eigenvalue weighted by Crippen LogP contribution is 2.23. The number of hydrogen-bond acceptors (Lipinski definition) is 2. The summed E-state index contributed by atoms with van der Waals surface area (Å²) in [6, 6.07) is 0.371. The van der Waals surface area contributed by atoms with Crippen molar-refractivity contribution >= 4 is 0 Å². The van der Waals surface area contributed by atoms with Crippen LogP contribution in [0.25, 0.3) is 0 Å². The van der Waals surface area contributed by atoms with E-state index in [1.54, 1.807) is 0 Å². The van der Waals surface area contributed by atoms with Crippen LogP contribution in [0.3, 0.4) is 0 Å². The Morgan fingerprint density at radius 1 is 1.27 bits per heavy atom. The normalized spacial score (nSPS) is 25.4. The van der Waals surface area contributed by atoms with E-state index in [1.165, 1.54) is 19.5 Å². The lowest BCUT2D eigenvalue weighted by Gasteiger charge is -2.22. The molecule has 2 atom stereocenters. The molecule has 90 valence electrons. The molecular formula is C13H28N2. The Bertz CT molecular complexity index is 177. The SMILES string of the molecule is CC(C)CC(N)CN1CCC(C(C)C)C1. The second kappa shape index (κ2) is 5.86. The minimum atomic E-state index is 0.371. The van der Waals surface area contributed by atoms with Gasteiger partial charge in [-0.15, -0.1) is 0 Å². The molecule has 1 rings (SSSR count). The first kappa shape index (κ1) is 13.0. The van der Waals surface area contributed by atoms with Crippen LogP contribution in [0.5, 0.6) is 0 Å². The van der Waals surface area contributed by atoms with E-state index in [0.29, 0.717) is 6.04 Å². The van der Waals surface area contributed by atoms with E-state index in [1.807, 2.05) is 0 Å². The monoisotopic (exact) mass is 212 g/mol. The molecule has 2 N–H and O–H groups in total. The first-order valence-electron chi connectivity index (χ1n) is 6.47. The summed E-state index contributed by atoms with van der Waals surface area (Å²) in [6.07, 6.45) is 2.52. The zero-order valence-electron chi connectivity index (χ0n) is 10.9. The minimum Gasteiger partial charge on any atom is -0.327 e. The standard InChI is InChI=1S/C13H28N2/c1-10(2)7-13(14)9-15-6-5-12(8-15)11(3)4/h10-13H,5-9,14H2,1-4H3. The maximum Gasteiger partial charge on any atom is 0.0170 e. The van der Waals surface area contributed by atoms with Crippen molar-refractivity contribution < 1.29 is 0 Å². The van der Waals surface area contributed by atoms with Crippen LogP contribution in [-0.2, 0) is 0 Å². The smallest absolute Gasteiger partial charge is 0.0170 e. The third-order valence-corrected chi connectivity index (χ3v) is 3.52. The summed E-state index contributed by atoms with van der Waals surface area (Å²) >= 11 is 0. The van der Waals surface area contributed by atoms with Crippen LogP contribution in [0.2, 0.25) is 0 Å². The largest absolute Gasteiger partial charge is 0.327 e. The Balaban J connectivity index is 2.23. The quantitative estimate of drug-likeness (QED) is 0.758. The Morgan fingerprint density at radius 2 is 1.93 bits per heavy atom. The molecule has 2 nitrogen and oxygen atoms in total. The summed E-state index contributed by atoms with van der Waals surface area (Å²) in [4.78, 5) is 2.55. The molecule has 0 aromatic carbocycles. The van der Waals surface area contributed by atoms with Crippen molar-refractivity contribution in [3.63, 3.8) is 0 Å². The average Bonchev–Trinajstić information content (AvgIpc) is 2.50. The van der Waals surface area contributed by atoms with Gasteiger partial charge in [-0.3, -0.25) is 0 Å². The van der Waals surface area contributed by atoms with Crippen molar-refractivity contribution in [3.05, 3.63) is 0 Å². The summed E-state index contributed by atoms with van der Waals surface area (Å²) in [5.74, 6) is 2.45. The number of rotatable bonds is 5. The van der Waals surface area contributed by atoms with E-state index in [9.17, 15) is 0 Å². The highest BCUT2D eigenvalue weighted by atomic mass is 15.2. The summed E-state index contributed by atoms with van der Waals surface area (Å²) in [7, 11) is 0. The van der Waals surface area contributed by atoms with Gasteiger partial charge in [-0.1, -0.05) is 27.7 Å². The van der Waals surface area contributed by atoms with E-state index < -0.39 is 0 Å². The molecule has 0 radical (unpaired) electrons. The zero-order chi connectivity index (χ0) is 11.4. The molecule has 0 bridgehead atoms. The van der Waals surface area contributed by atoms with Gasteiger partial charge in [0.1, 0.15) is 0 Å². The molecule has 1 aliphatic heterocycles. The van der Waals surface area contributed by atoms with Crippen molar-refractivity contribution in [1.82, 2.24) is 4.90 Å². The fourth-order valence-electron chi connectivity index (χ4n) is 2.58. The highest BCUT2D eigenvalue weighted by molar-refractivity contribution is 4.80. The van der Waals surface area contributed by atoms with Crippen LogP contribution in [0.15, 0.2) is 0 Å². The second-order valence-electron chi connectivity index (χ2n) is 5.94. The highest BCUT2D eigenvalue weighted by Gasteiger charge is 2.25. The van der Waals surface area contributed by atoms with E-state index in [2.05, 4.69) is 32.6 Å². The van der Waals surface area contributed by atoms with Crippen LogP contribution < -0.4 is 5.73 Å². The Kier molecular flexibility index (Phi) is 5.07. The molecule has 0 spiro atoms. The molecule has 2 unspecified atom stereocenters. The minimum absolute atomic E-state index is 0.371. The molecular weight excluding hydrogens is 184 g/mol. The number of nitrogens with zero attached hydrogens (tertiary/aromatic N) is 1. The predicted octanol–water partition coefficient (Wildman–Crippen LogP) is 2.34. The fraction of sp³-hybridized carbons (Fsp3) is 1.00. The van der Waals surface area contributed by atoms with Gasteiger partial charge in [0.2, 0.25) is 0 Å². The van der Waals surface area contributed by atoms with Crippen molar-refractivity contribution in [2.45, 2.75) is 46.6 Å². The lowest BCUT2D eigenvalue weighted by molar-refractivity contribution is 0.273. The van der Waals surface area contributed by atoms with Gasteiger partial charge < -0.3 is 10.6 Å². The maximum atomic E-state index is 6.13. The van der Waals surface area contributed by atoms with Gasteiger partial charge in [0.15, 0.2) is 0 Å². The van der Waals surface area contributed by atoms with Gasteiger partial charge in [-0.2, -0.15) is 0 Å². The average molecular weight is 212 g/mol. The Labute approximate surface area is 95.2 Å². The number of likely N-dealkylation sites (tertiary alicyclic amines) is 1. The summed E-state index contributed by atoms with van der Waals surface area (Å²) in [5.41, 5.74) is 6.13. The Hall–Kier alpha value is -0.0800. The molecule has 1 heterocycles. The second-order valence-corrected chi connectivity index (χ2v) is 5.94. The molecule has 0 aromatic heterocycles. The molecule has 15 heavy (non-hydrogen) atoms. The molecule has 1 saturated heterocycles. The van der Waals surface area contributed by atoms with E-state index in [0.717, 1.165) is 30.7 Å². The number of nitrogens with two attached hydrogens (primary N) is 1. The van der Waals surface area contributed by atoms with Gasteiger partial charge in [0, 0.05) is 19.1 Å². The van der Waals surface area contributed by atoms with Gasteiger partial charge in [0.25, 0.3) is 0 Å². The summed E-state index contributed by atoms with van der Waals surface area (Å²) in [5, 5.41) is 0. The van der Waals surface area contributed by atoms with Gasteiger partial charge in [0.05, 0.1) is 0 Å². The lowest BCUT2D eigenvalue weighted by atomic mass is 9.95. The predicted molar refractivity (Wildman–Crippen MR) is 66.8 cm³/mol. The number of hydrogen-bond donors (Lipinski definition) is 1. The van der Waals surface area contributed by atoms with Crippen molar-refractivity contribution in [1.29, 1.82) is 0 Å². The first-order valence-corrected chi connectivity index (χ1v) is 6.47. The van der Waals surface area contributed by atoms with Crippen molar-refractivity contribution in [2.24, 2.45) is 23.5 Å². The molecule has 0 aromatic rings. The third-order valence-electron chi connectivity index (χ3n) is 3.52. The molecule has 0 aliphatic carbocycles. The van der Waals surface area contributed by atoms with Crippen LogP contribution in [0, 0.1) is 17.8 Å². The van der Waals surface area contributed by atoms with E-state index in [4.69, 9.17) is 5.73 Å². The zero-order valence-corrected chi connectivity index (χ0v) is 10.9. The van der Waals surface area contributed by atoms with Gasteiger partial charge in [-0.25, -0.2) is 0 Å². The van der Waals surface area contributed by atoms with Crippen molar-refractivity contribution in [3.8, 4) is 0 Å². The molecule has 1 fully saturated rings. The molecule has 0 saturated carbocycles. The fourth-order valence-corrected chi connectivity index (χ4v) is 2.58. The van der Waals surface area contributed by atoms with Crippen LogP contribution >= 0.6 is 0 Å². The lowest BCUT2D eigenvalue weighted by Crippen LogP contribution is -2.37. The first-order chi connectivity index (χ1) is 6.99. The van der Waals surface area contributed by atoms with E-state index in [-0.39, 0.29) is 0 Å². The van der Waals surface area contributed by atoms with Crippen LogP contribution in [0.4, 0.5) is 0 Å². The topological polar surface area (TPSA) is 29.3 Å². The molecule has 2 heteroatoms. The molecule has 0 amide bonds. The van der Waals surface area contributed by atoms with Crippen molar-refractivity contribution in [2.75, 3.05) is 19.6 Å². The third kappa shape index (κ3) is 4.52. The van der Waals surface area contributed by atoms with E-state index >= 15 is 0 Å². The van der Waals surface area contributed by atoms with Crippen LogP contribution in [0.1, 0.15) is 40.5 Å². The summed E-state index contributed by atoms with van der Waals surface area (Å²) < 4.78 is 0. The van der Waals surface area contributed by atoms with Crippen LogP contribution in [-0.4, -0.2) is 30.6 Å². The maximum absolute atomic E-state index is 6.13. The molecule has 1 aliphatic rings. The summed E-state index contributed by atoms with van der Waals surface area (Å²) in [6.45, 7) is 12.8.